The monoisotopic (exact) mass is 251 g/mol. The van der Waals surface area contributed by atoms with Crippen LogP contribution in [0.1, 0.15) is 24.5 Å². The molecule has 17 heavy (non-hydrogen) atoms. The quantitative estimate of drug-likeness (QED) is 0.881. The van der Waals surface area contributed by atoms with Crippen LogP contribution in [0.4, 0.5) is 0 Å². The first kappa shape index (κ1) is 11.9. The second-order valence-corrected chi connectivity index (χ2v) is 4.32. The lowest BCUT2D eigenvalue weighted by atomic mass is 10.1. The molecule has 0 fully saturated rings. The fourth-order valence-corrected chi connectivity index (χ4v) is 2.10. The normalized spacial score (nSPS) is 10.8. The van der Waals surface area contributed by atoms with E-state index in [0.29, 0.717) is 18.0 Å². The number of hydrogen-bond acceptors (Lipinski definition) is 2. The minimum absolute atomic E-state index is 0.00862. The van der Waals surface area contributed by atoms with Crippen molar-refractivity contribution in [1.29, 1.82) is 0 Å². The van der Waals surface area contributed by atoms with Crippen LogP contribution in [0.15, 0.2) is 12.4 Å². The Hall–Kier alpha value is -1.55. The first-order valence-electron chi connectivity index (χ1n) is 5.51. The molecule has 1 heterocycles. The summed E-state index contributed by atoms with van der Waals surface area (Å²) in [7, 11) is 0. The van der Waals surface area contributed by atoms with Crippen LogP contribution < -0.4 is 5.32 Å². The summed E-state index contributed by atoms with van der Waals surface area (Å²) < 4.78 is 0. The SMILES string of the molecule is CCC(=O)NCc1c(Cl)cc(C)c2nc[nH]c12. The molecule has 0 unspecified atom stereocenters. The maximum Gasteiger partial charge on any atom is 0.219 e. The maximum atomic E-state index is 11.3. The van der Waals surface area contributed by atoms with Gasteiger partial charge in [0.25, 0.3) is 0 Å². The molecule has 2 rings (SSSR count). The molecule has 0 aliphatic heterocycles. The minimum Gasteiger partial charge on any atom is -0.352 e. The van der Waals surface area contributed by atoms with Crippen molar-refractivity contribution in [3.63, 3.8) is 0 Å². The Balaban J connectivity index is 2.39. The number of aromatic amines is 1. The molecule has 90 valence electrons. The van der Waals surface area contributed by atoms with Crippen molar-refractivity contribution in [3.05, 3.63) is 28.5 Å². The third kappa shape index (κ3) is 2.26. The molecule has 0 aliphatic rings. The second-order valence-electron chi connectivity index (χ2n) is 3.91. The Morgan fingerprint density at radius 3 is 3.06 bits per heavy atom. The number of H-pyrrole nitrogens is 1. The topological polar surface area (TPSA) is 57.8 Å². The zero-order valence-corrected chi connectivity index (χ0v) is 10.6. The van der Waals surface area contributed by atoms with E-state index in [-0.39, 0.29) is 5.91 Å². The number of imidazole rings is 1. The number of hydrogen-bond donors (Lipinski definition) is 2. The van der Waals surface area contributed by atoms with Gasteiger partial charge in [-0.2, -0.15) is 0 Å². The highest BCUT2D eigenvalue weighted by molar-refractivity contribution is 6.32. The number of nitrogens with zero attached hydrogens (tertiary/aromatic N) is 1. The highest BCUT2D eigenvalue weighted by atomic mass is 35.5. The lowest BCUT2D eigenvalue weighted by Crippen LogP contribution is -2.21. The van der Waals surface area contributed by atoms with Crippen LogP contribution in [0.5, 0.6) is 0 Å². The molecule has 1 amide bonds. The number of fused-ring (bicyclic) bond motifs is 1. The molecule has 0 atom stereocenters. The van der Waals surface area contributed by atoms with E-state index in [2.05, 4.69) is 15.3 Å². The summed E-state index contributed by atoms with van der Waals surface area (Å²) in [5.74, 6) is 0.00862. The van der Waals surface area contributed by atoms with Gasteiger partial charge in [0.1, 0.15) is 0 Å². The number of halogens is 1. The Labute approximate surface area is 104 Å². The lowest BCUT2D eigenvalue weighted by molar-refractivity contribution is -0.120. The van der Waals surface area contributed by atoms with Crippen LogP contribution >= 0.6 is 11.6 Å². The van der Waals surface area contributed by atoms with E-state index in [1.54, 1.807) is 6.33 Å². The van der Waals surface area contributed by atoms with Crippen molar-refractivity contribution in [2.75, 3.05) is 0 Å². The van der Waals surface area contributed by atoms with Gasteiger partial charge in [0.2, 0.25) is 5.91 Å². The number of carbonyl (C=O) groups excluding carboxylic acids is 1. The summed E-state index contributed by atoms with van der Waals surface area (Å²) in [5, 5.41) is 3.47. The van der Waals surface area contributed by atoms with Crippen molar-refractivity contribution in [1.82, 2.24) is 15.3 Å². The van der Waals surface area contributed by atoms with Gasteiger partial charge in [-0.3, -0.25) is 4.79 Å². The van der Waals surface area contributed by atoms with E-state index < -0.39 is 0 Å². The van der Waals surface area contributed by atoms with Crippen LogP contribution in [-0.2, 0) is 11.3 Å². The fourth-order valence-electron chi connectivity index (χ4n) is 1.77. The molecule has 0 aliphatic carbocycles. The summed E-state index contributed by atoms with van der Waals surface area (Å²) in [6.45, 7) is 4.20. The zero-order chi connectivity index (χ0) is 12.4. The van der Waals surface area contributed by atoms with Gasteiger partial charge in [-0.05, 0) is 18.6 Å². The molecule has 2 N–H and O–H groups in total. The van der Waals surface area contributed by atoms with Gasteiger partial charge >= 0.3 is 0 Å². The summed E-state index contributed by atoms with van der Waals surface area (Å²) in [5.41, 5.74) is 3.70. The minimum atomic E-state index is 0.00862. The molecule has 0 saturated heterocycles. The smallest absolute Gasteiger partial charge is 0.219 e. The molecule has 0 spiro atoms. The molecule has 2 aromatic rings. The van der Waals surface area contributed by atoms with Crippen molar-refractivity contribution >= 4 is 28.5 Å². The number of carbonyl (C=O) groups is 1. The van der Waals surface area contributed by atoms with E-state index in [1.807, 2.05) is 19.9 Å². The van der Waals surface area contributed by atoms with Crippen LogP contribution in [0.3, 0.4) is 0 Å². The molecule has 0 bridgehead atoms. The number of nitrogens with one attached hydrogen (secondary N) is 2. The third-order valence-corrected chi connectivity index (χ3v) is 3.07. The first-order valence-corrected chi connectivity index (χ1v) is 5.89. The van der Waals surface area contributed by atoms with Crippen molar-refractivity contribution in [2.45, 2.75) is 26.8 Å². The molecule has 1 aromatic carbocycles. The average Bonchev–Trinajstić information content (AvgIpc) is 2.77. The van der Waals surface area contributed by atoms with Crippen molar-refractivity contribution in [2.24, 2.45) is 0 Å². The average molecular weight is 252 g/mol. The van der Waals surface area contributed by atoms with Gasteiger partial charge in [-0.1, -0.05) is 18.5 Å². The van der Waals surface area contributed by atoms with Gasteiger partial charge in [-0.15, -0.1) is 0 Å². The largest absolute Gasteiger partial charge is 0.352 e. The summed E-state index contributed by atoms with van der Waals surface area (Å²) in [6, 6.07) is 1.87. The van der Waals surface area contributed by atoms with Crippen LogP contribution in [0.25, 0.3) is 11.0 Å². The molecule has 4 nitrogen and oxygen atoms in total. The number of amides is 1. The lowest BCUT2D eigenvalue weighted by Gasteiger charge is -2.08. The predicted octanol–water partition coefficient (Wildman–Crippen LogP) is 2.55. The highest BCUT2D eigenvalue weighted by Gasteiger charge is 2.11. The van der Waals surface area contributed by atoms with E-state index in [1.165, 1.54) is 0 Å². The number of rotatable bonds is 3. The molecule has 1 aromatic heterocycles. The number of benzene rings is 1. The van der Waals surface area contributed by atoms with Gasteiger partial charge in [0.05, 0.1) is 17.4 Å². The summed E-state index contributed by atoms with van der Waals surface area (Å²) in [4.78, 5) is 18.6. The predicted molar refractivity (Wildman–Crippen MR) is 68.0 cm³/mol. The van der Waals surface area contributed by atoms with Crippen molar-refractivity contribution < 1.29 is 4.79 Å². The number of aromatic nitrogens is 2. The zero-order valence-electron chi connectivity index (χ0n) is 9.80. The second kappa shape index (κ2) is 4.75. The molecule has 0 saturated carbocycles. The summed E-state index contributed by atoms with van der Waals surface area (Å²) >= 11 is 6.19. The number of aryl methyl sites for hydroxylation is 1. The van der Waals surface area contributed by atoms with E-state index in [0.717, 1.165) is 22.2 Å². The van der Waals surface area contributed by atoms with Gasteiger partial charge in [0.15, 0.2) is 0 Å². The Bertz CT molecular complexity index is 562. The van der Waals surface area contributed by atoms with Crippen LogP contribution in [0.2, 0.25) is 5.02 Å². The molecular formula is C12H14ClN3O. The van der Waals surface area contributed by atoms with Crippen LogP contribution in [0, 0.1) is 6.92 Å². The van der Waals surface area contributed by atoms with E-state index in [9.17, 15) is 4.79 Å². The molecule has 0 radical (unpaired) electrons. The van der Waals surface area contributed by atoms with Crippen molar-refractivity contribution in [3.8, 4) is 0 Å². The molecule has 5 heteroatoms. The Kier molecular flexibility index (Phi) is 3.33. The van der Waals surface area contributed by atoms with Crippen LogP contribution in [-0.4, -0.2) is 15.9 Å². The highest BCUT2D eigenvalue weighted by Crippen LogP contribution is 2.26. The molecular weight excluding hydrogens is 238 g/mol. The third-order valence-electron chi connectivity index (χ3n) is 2.73. The Morgan fingerprint density at radius 2 is 2.35 bits per heavy atom. The van der Waals surface area contributed by atoms with E-state index >= 15 is 0 Å². The fraction of sp³-hybridized carbons (Fsp3) is 0.333. The first-order chi connectivity index (χ1) is 8.13. The van der Waals surface area contributed by atoms with Gasteiger partial charge in [-0.25, -0.2) is 4.98 Å². The van der Waals surface area contributed by atoms with Gasteiger partial charge in [0, 0.05) is 23.6 Å². The maximum absolute atomic E-state index is 11.3. The van der Waals surface area contributed by atoms with E-state index in [4.69, 9.17) is 11.6 Å². The standard InChI is InChI=1S/C12H14ClN3O/c1-3-10(17)14-5-8-9(13)4-7(2)11-12(8)16-6-15-11/h4,6H,3,5H2,1-2H3,(H,14,17)(H,15,16). The summed E-state index contributed by atoms with van der Waals surface area (Å²) in [6.07, 6.45) is 2.11. The van der Waals surface area contributed by atoms with Gasteiger partial charge < -0.3 is 10.3 Å². The Morgan fingerprint density at radius 1 is 1.59 bits per heavy atom.